The highest BCUT2D eigenvalue weighted by molar-refractivity contribution is 6.33. The van der Waals surface area contributed by atoms with Crippen molar-refractivity contribution in [2.45, 2.75) is 65.5 Å². The van der Waals surface area contributed by atoms with Gasteiger partial charge in [-0.05, 0) is 39.5 Å². The summed E-state index contributed by atoms with van der Waals surface area (Å²) in [5.74, 6) is -0.573. The number of ether oxygens (including phenoxy) is 1. The van der Waals surface area contributed by atoms with Crippen molar-refractivity contribution in [3.05, 3.63) is 16.9 Å². The second-order valence-electron chi connectivity index (χ2n) is 7.93. The molecule has 1 fully saturated rings. The van der Waals surface area contributed by atoms with Gasteiger partial charge in [-0.3, -0.25) is 4.79 Å². The van der Waals surface area contributed by atoms with Gasteiger partial charge in [0.25, 0.3) is 5.91 Å². The first-order valence-corrected chi connectivity index (χ1v) is 9.81. The van der Waals surface area contributed by atoms with Crippen molar-refractivity contribution < 1.29 is 14.3 Å². The van der Waals surface area contributed by atoms with Crippen molar-refractivity contribution in [2.24, 2.45) is 5.92 Å². The van der Waals surface area contributed by atoms with Crippen molar-refractivity contribution in [1.82, 2.24) is 15.3 Å². The lowest BCUT2D eigenvalue weighted by atomic mass is 9.98. The van der Waals surface area contributed by atoms with Crippen LogP contribution in [-0.2, 0) is 9.53 Å². The molecule has 1 aliphatic rings. The fourth-order valence-electron chi connectivity index (χ4n) is 2.83. The lowest BCUT2D eigenvalue weighted by Gasteiger charge is -2.27. The van der Waals surface area contributed by atoms with E-state index in [9.17, 15) is 9.59 Å². The molecular formula is C19H29ClN4O3. The third-order valence-corrected chi connectivity index (χ3v) is 4.77. The lowest BCUT2D eigenvalue weighted by molar-refractivity contribution is -0.158. The van der Waals surface area contributed by atoms with Crippen molar-refractivity contribution in [3.8, 4) is 0 Å². The van der Waals surface area contributed by atoms with Crippen LogP contribution in [0.2, 0.25) is 5.02 Å². The number of amides is 1. The molecule has 1 aromatic heterocycles. The molecule has 1 amide bonds. The first kappa shape index (κ1) is 21.4. The normalized spacial score (nSPS) is 16.7. The molecule has 2 rings (SSSR count). The molecule has 0 bridgehead atoms. The highest BCUT2D eigenvalue weighted by atomic mass is 35.5. The Hall–Kier alpha value is -1.89. The molecule has 2 atom stereocenters. The van der Waals surface area contributed by atoms with Crippen LogP contribution in [0.3, 0.4) is 0 Å². The summed E-state index contributed by atoms with van der Waals surface area (Å²) >= 11 is 6.16. The Bertz CT molecular complexity index is 684. The van der Waals surface area contributed by atoms with Crippen LogP contribution in [0, 0.1) is 5.92 Å². The third-order valence-electron chi connectivity index (χ3n) is 4.50. The van der Waals surface area contributed by atoms with E-state index < -0.39 is 23.5 Å². The van der Waals surface area contributed by atoms with Crippen LogP contribution in [0.25, 0.3) is 0 Å². The molecular weight excluding hydrogens is 368 g/mol. The maximum absolute atomic E-state index is 12.8. The lowest BCUT2D eigenvalue weighted by Crippen LogP contribution is -2.48. The van der Waals surface area contributed by atoms with Crippen molar-refractivity contribution >= 4 is 29.4 Å². The molecule has 0 aliphatic carbocycles. The molecule has 1 N–H and O–H groups in total. The summed E-state index contributed by atoms with van der Waals surface area (Å²) in [7, 11) is 0. The Labute approximate surface area is 165 Å². The molecule has 27 heavy (non-hydrogen) atoms. The van der Waals surface area contributed by atoms with Crippen LogP contribution in [0.1, 0.15) is 64.4 Å². The van der Waals surface area contributed by atoms with Gasteiger partial charge in [-0.15, -0.1) is 0 Å². The van der Waals surface area contributed by atoms with E-state index in [0.29, 0.717) is 12.4 Å². The van der Waals surface area contributed by atoms with Crippen LogP contribution in [-0.4, -0.2) is 46.6 Å². The average Bonchev–Trinajstić information content (AvgIpc) is 3.12. The molecule has 0 spiro atoms. The van der Waals surface area contributed by atoms with Gasteiger partial charge >= 0.3 is 5.97 Å². The zero-order valence-electron chi connectivity index (χ0n) is 16.7. The van der Waals surface area contributed by atoms with E-state index in [1.165, 1.54) is 6.20 Å². The zero-order chi connectivity index (χ0) is 20.2. The highest BCUT2D eigenvalue weighted by Gasteiger charge is 2.32. The van der Waals surface area contributed by atoms with Gasteiger partial charge in [-0.2, -0.15) is 0 Å². The second-order valence-corrected chi connectivity index (χ2v) is 8.34. The number of anilines is 1. The smallest absolute Gasteiger partial charge is 0.329 e. The molecule has 0 aromatic carbocycles. The first-order chi connectivity index (χ1) is 12.6. The Morgan fingerprint density at radius 1 is 1.33 bits per heavy atom. The molecule has 1 saturated heterocycles. The van der Waals surface area contributed by atoms with E-state index in [0.717, 1.165) is 25.9 Å². The molecule has 1 aliphatic heterocycles. The number of halogens is 1. The van der Waals surface area contributed by atoms with Crippen LogP contribution in [0.15, 0.2) is 6.20 Å². The minimum Gasteiger partial charge on any atom is -0.458 e. The summed E-state index contributed by atoms with van der Waals surface area (Å²) in [5.41, 5.74) is -0.561. The fraction of sp³-hybridized carbons (Fsp3) is 0.684. The minimum absolute atomic E-state index is 0.0745. The van der Waals surface area contributed by atoms with E-state index in [4.69, 9.17) is 16.3 Å². The molecule has 150 valence electrons. The fourth-order valence-corrected chi connectivity index (χ4v) is 3.01. The highest BCUT2D eigenvalue weighted by Crippen LogP contribution is 2.21. The standard InChI is InChI=1S/C19H29ClN4O3/c1-6-12(2)14(17(26)27-19(3,4)5)22-16(25)15-13(20)11-21-18(23-15)24-9-7-8-10-24/h11-12,14H,6-10H2,1-5H3,(H,22,25)/t12-,14-/m0/s1. The SMILES string of the molecule is CC[C@H](C)[C@H](NC(=O)c1nc(N2CCCC2)ncc1Cl)C(=O)OC(C)(C)C. The van der Waals surface area contributed by atoms with E-state index in [1.54, 1.807) is 20.8 Å². The number of carbonyl (C=O) groups is 2. The summed E-state index contributed by atoms with van der Waals surface area (Å²) in [4.78, 5) is 36.0. The molecule has 8 heteroatoms. The van der Waals surface area contributed by atoms with Crippen LogP contribution < -0.4 is 10.2 Å². The van der Waals surface area contributed by atoms with Crippen LogP contribution in [0.4, 0.5) is 5.95 Å². The number of aromatic nitrogens is 2. The van der Waals surface area contributed by atoms with Crippen LogP contribution >= 0.6 is 11.6 Å². The summed E-state index contributed by atoms with van der Waals surface area (Å²) in [6, 6.07) is -0.775. The number of nitrogens with one attached hydrogen (secondary N) is 1. The number of hydrogen-bond acceptors (Lipinski definition) is 6. The predicted octanol–water partition coefficient (Wildman–Crippen LogP) is 3.22. The summed E-state index contributed by atoms with van der Waals surface area (Å²) < 4.78 is 5.47. The number of rotatable bonds is 6. The quantitative estimate of drug-likeness (QED) is 0.743. The Morgan fingerprint density at radius 2 is 1.96 bits per heavy atom. The van der Waals surface area contributed by atoms with E-state index >= 15 is 0 Å². The summed E-state index contributed by atoms with van der Waals surface area (Å²) in [6.45, 7) is 11.0. The van der Waals surface area contributed by atoms with Gasteiger partial charge < -0.3 is 15.0 Å². The zero-order valence-corrected chi connectivity index (χ0v) is 17.5. The summed E-state index contributed by atoms with van der Waals surface area (Å²) in [5, 5.41) is 2.91. The molecule has 0 radical (unpaired) electrons. The van der Waals surface area contributed by atoms with E-state index in [1.807, 2.05) is 18.7 Å². The van der Waals surface area contributed by atoms with Crippen molar-refractivity contribution in [3.63, 3.8) is 0 Å². The van der Waals surface area contributed by atoms with Gasteiger partial charge in [0.05, 0.1) is 11.2 Å². The van der Waals surface area contributed by atoms with Gasteiger partial charge in [0.15, 0.2) is 5.69 Å². The monoisotopic (exact) mass is 396 g/mol. The largest absolute Gasteiger partial charge is 0.458 e. The van der Waals surface area contributed by atoms with E-state index in [-0.39, 0.29) is 16.6 Å². The second kappa shape index (κ2) is 8.87. The number of hydrogen-bond donors (Lipinski definition) is 1. The Balaban J connectivity index is 2.21. The third kappa shape index (κ3) is 5.79. The molecule has 7 nitrogen and oxygen atoms in total. The topological polar surface area (TPSA) is 84.4 Å². The van der Waals surface area contributed by atoms with Gasteiger partial charge in [0.2, 0.25) is 5.95 Å². The average molecular weight is 397 g/mol. The Kier molecular flexibility index (Phi) is 7.03. The predicted molar refractivity (Wildman–Crippen MR) is 105 cm³/mol. The first-order valence-electron chi connectivity index (χ1n) is 9.43. The van der Waals surface area contributed by atoms with Gasteiger partial charge in [0, 0.05) is 13.1 Å². The Morgan fingerprint density at radius 3 is 2.52 bits per heavy atom. The van der Waals surface area contributed by atoms with Gasteiger partial charge in [-0.25, -0.2) is 14.8 Å². The summed E-state index contributed by atoms with van der Waals surface area (Å²) in [6.07, 6.45) is 4.29. The number of nitrogens with zero attached hydrogens (tertiary/aromatic N) is 3. The molecule has 1 aromatic rings. The van der Waals surface area contributed by atoms with Crippen LogP contribution in [0.5, 0.6) is 0 Å². The van der Waals surface area contributed by atoms with Crippen molar-refractivity contribution in [1.29, 1.82) is 0 Å². The minimum atomic E-state index is -0.775. The maximum atomic E-state index is 12.8. The van der Waals surface area contributed by atoms with E-state index in [2.05, 4.69) is 15.3 Å². The maximum Gasteiger partial charge on any atom is 0.329 e. The molecule has 2 heterocycles. The number of carbonyl (C=O) groups excluding carboxylic acids is 2. The molecule has 0 saturated carbocycles. The molecule has 0 unspecified atom stereocenters. The van der Waals surface area contributed by atoms with Gasteiger partial charge in [0.1, 0.15) is 11.6 Å². The van der Waals surface area contributed by atoms with Gasteiger partial charge in [-0.1, -0.05) is 31.9 Å². The number of esters is 1. The van der Waals surface area contributed by atoms with Crippen molar-refractivity contribution in [2.75, 3.05) is 18.0 Å².